The van der Waals surface area contributed by atoms with Crippen molar-refractivity contribution in [2.24, 2.45) is 0 Å². The Morgan fingerprint density at radius 3 is 2.33 bits per heavy atom. The van der Waals surface area contributed by atoms with Crippen molar-refractivity contribution in [1.82, 2.24) is 4.98 Å². The molecule has 0 aliphatic heterocycles. The van der Waals surface area contributed by atoms with Gasteiger partial charge >= 0.3 is 5.97 Å². The molecule has 0 amide bonds. The van der Waals surface area contributed by atoms with Crippen molar-refractivity contribution in [3.8, 4) is 17.0 Å². The number of hydrogen-bond acceptors (Lipinski definition) is 3. The van der Waals surface area contributed by atoms with Crippen LogP contribution in [-0.2, 0) is 12.8 Å². The second-order valence-corrected chi connectivity index (χ2v) is 7.45. The van der Waals surface area contributed by atoms with Gasteiger partial charge in [-0.15, -0.1) is 0 Å². The molecule has 0 saturated heterocycles. The quantitative estimate of drug-likeness (QED) is 0.223. The molecule has 2 aromatic carbocycles. The van der Waals surface area contributed by atoms with E-state index >= 15 is 0 Å². The zero-order chi connectivity index (χ0) is 21.3. The molecule has 3 nitrogen and oxygen atoms in total. The second-order valence-electron chi connectivity index (χ2n) is 7.45. The standard InChI is InChI=1S/C26H28FNO2/c1-3-5-6-7-8-20-9-15-24(28-18-20)21-11-13-22(14-12-21)26(29)30-25-16-10-19(4-2)17-23(25)27/h9-18H,3-8H2,1-2H3. The van der Waals surface area contributed by atoms with E-state index in [-0.39, 0.29) is 5.75 Å². The van der Waals surface area contributed by atoms with Gasteiger partial charge in [-0.05, 0) is 60.7 Å². The Kier molecular flexibility index (Phi) is 7.72. The lowest BCUT2D eigenvalue weighted by Gasteiger charge is -2.08. The van der Waals surface area contributed by atoms with Gasteiger partial charge in [-0.2, -0.15) is 0 Å². The van der Waals surface area contributed by atoms with E-state index < -0.39 is 11.8 Å². The fourth-order valence-corrected chi connectivity index (χ4v) is 3.28. The molecule has 3 rings (SSSR count). The van der Waals surface area contributed by atoms with Crippen LogP contribution in [0.5, 0.6) is 5.75 Å². The summed E-state index contributed by atoms with van der Waals surface area (Å²) >= 11 is 0. The third kappa shape index (κ3) is 5.76. The van der Waals surface area contributed by atoms with Gasteiger partial charge in [0.2, 0.25) is 0 Å². The highest BCUT2D eigenvalue weighted by atomic mass is 19.1. The number of unbranched alkanes of at least 4 members (excludes halogenated alkanes) is 3. The predicted octanol–water partition coefficient (Wildman–Crippen LogP) is 6.79. The summed E-state index contributed by atoms with van der Waals surface area (Å²) in [6, 6.07) is 15.8. The zero-order valence-electron chi connectivity index (χ0n) is 17.7. The van der Waals surface area contributed by atoms with Gasteiger partial charge in [-0.1, -0.05) is 57.4 Å². The van der Waals surface area contributed by atoms with E-state index in [0.717, 1.165) is 29.7 Å². The number of hydrogen-bond donors (Lipinski definition) is 0. The average molecular weight is 406 g/mol. The van der Waals surface area contributed by atoms with E-state index in [4.69, 9.17) is 4.74 Å². The van der Waals surface area contributed by atoms with E-state index in [1.165, 1.54) is 43.4 Å². The number of ether oxygens (including phenoxy) is 1. The average Bonchev–Trinajstić information content (AvgIpc) is 2.78. The molecule has 0 aliphatic carbocycles. The van der Waals surface area contributed by atoms with Crippen LogP contribution in [0.25, 0.3) is 11.3 Å². The molecule has 0 atom stereocenters. The number of esters is 1. The smallest absolute Gasteiger partial charge is 0.343 e. The van der Waals surface area contributed by atoms with Crippen LogP contribution in [-0.4, -0.2) is 11.0 Å². The van der Waals surface area contributed by atoms with E-state index in [2.05, 4.69) is 18.0 Å². The van der Waals surface area contributed by atoms with Crippen molar-refractivity contribution in [3.63, 3.8) is 0 Å². The summed E-state index contributed by atoms with van der Waals surface area (Å²) < 4.78 is 19.3. The Labute approximate surface area is 177 Å². The van der Waals surface area contributed by atoms with Crippen LogP contribution < -0.4 is 4.74 Å². The first-order chi connectivity index (χ1) is 14.6. The van der Waals surface area contributed by atoms with Gasteiger partial charge in [-0.3, -0.25) is 4.98 Å². The molecule has 0 spiro atoms. The molecule has 3 aromatic rings. The monoisotopic (exact) mass is 405 g/mol. The summed E-state index contributed by atoms with van der Waals surface area (Å²) in [7, 11) is 0. The summed E-state index contributed by atoms with van der Waals surface area (Å²) in [5, 5.41) is 0. The number of aryl methyl sites for hydroxylation is 2. The van der Waals surface area contributed by atoms with Crippen LogP contribution in [0.4, 0.5) is 4.39 Å². The molecule has 156 valence electrons. The van der Waals surface area contributed by atoms with Crippen LogP contribution in [0.1, 0.15) is 61.0 Å². The third-order valence-corrected chi connectivity index (χ3v) is 5.17. The topological polar surface area (TPSA) is 39.2 Å². The van der Waals surface area contributed by atoms with E-state index in [9.17, 15) is 9.18 Å². The van der Waals surface area contributed by atoms with Crippen molar-refractivity contribution in [2.75, 3.05) is 0 Å². The number of pyridine rings is 1. The highest BCUT2D eigenvalue weighted by Crippen LogP contribution is 2.22. The lowest BCUT2D eigenvalue weighted by molar-refractivity contribution is 0.0728. The second kappa shape index (κ2) is 10.7. The van der Waals surface area contributed by atoms with Crippen LogP contribution in [0.2, 0.25) is 0 Å². The minimum Gasteiger partial charge on any atom is -0.420 e. The fourth-order valence-electron chi connectivity index (χ4n) is 3.28. The maximum atomic E-state index is 14.1. The Bertz CT molecular complexity index is 965. The van der Waals surface area contributed by atoms with E-state index in [1.807, 2.05) is 31.3 Å². The summed E-state index contributed by atoms with van der Waals surface area (Å²) in [6.45, 7) is 4.15. The molecule has 30 heavy (non-hydrogen) atoms. The molecule has 0 radical (unpaired) electrons. The highest BCUT2D eigenvalue weighted by molar-refractivity contribution is 5.91. The molecule has 4 heteroatoms. The van der Waals surface area contributed by atoms with Crippen LogP contribution in [0.3, 0.4) is 0 Å². The molecule has 0 unspecified atom stereocenters. The zero-order valence-corrected chi connectivity index (χ0v) is 17.7. The number of carbonyl (C=O) groups is 1. The number of rotatable bonds is 9. The number of benzene rings is 2. The Hall–Kier alpha value is -3.01. The summed E-state index contributed by atoms with van der Waals surface area (Å²) in [4.78, 5) is 16.9. The molecule has 0 fully saturated rings. The number of nitrogens with zero attached hydrogens (tertiary/aromatic N) is 1. The largest absolute Gasteiger partial charge is 0.420 e. The van der Waals surface area contributed by atoms with E-state index in [0.29, 0.717) is 5.56 Å². The molecule has 0 bridgehead atoms. The Balaban J connectivity index is 1.62. The van der Waals surface area contributed by atoms with Crippen LogP contribution in [0, 0.1) is 5.82 Å². The number of aromatic nitrogens is 1. The first-order valence-electron chi connectivity index (χ1n) is 10.7. The molecule has 1 aromatic heterocycles. The fraction of sp³-hybridized carbons (Fsp3) is 0.308. The van der Waals surface area contributed by atoms with Gasteiger partial charge in [-0.25, -0.2) is 9.18 Å². The molecule has 1 heterocycles. The van der Waals surface area contributed by atoms with Crippen molar-refractivity contribution in [2.45, 2.75) is 52.4 Å². The lowest BCUT2D eigenvalue weighted by atomic mass is 10.1. The minimum atomic E-state index is -0.583. The van der Waals surface area contributed by atoms with Gasteiger partial charge in [0, 0.05) is 11.8 Å². The first-order valence-corrected chi connectivity index (χ1v) is 10.7. The van der Waals surface area contributed by atoms with Crippen molar-refractivity contribution in [1.29, 1.82) is 0 Å². The molecule has 0 N–H and O–H groups in total. The molecule has 0 saturated carbocycles. The van der Waals surface area contributed by atoms with Gasteiger partial charge in [0.1, 0.15) is 0 Å². The van der Waals surface area contributed by atoms with Gasteiger partial charge in [0.15, 0.2) is 11.6 Å². The maximum Gasteiger partial charge on any atom is 0.343 e. The van der Waals surface area contributed by atoms with Gasteiger partial charge < -0.3 is 4.74 Å². The Morgan fingerprint density at radius 1 is 0.933 bits per heavy atom. The van der Waals surface area contributed by atoms with Crippen molar-refractivity contribution in [3.05, 3.63) is 83.3 Å². The lowest BCUT2D eigenvalue weighted by Crippen LogP contribution is -2.09. The molecule has 0 aliphatic rings. The van der Waals surface area contributed by atoms with Gasteiger partial charge in [0.05, 0.1) is 11.3 Å². The van der Waals surface area contributed by atoms with Crippen molar-refractivity contribution < 1.29 is 13.9 Å². The van der Waals surface area contributed by atoms with Crippen LogP contribution in [0.15, 0.2) is 60.8 Å². The summed E-state index contributed by atoms with van der Waals surface area (Å²) in [5.41, 5.74) is 4.24. The number of halogens is 1. The van der Waals surface area contributed by atoms with E-state index in [1.54, 1.807) is 18.2 Å². The van der Waals surface area contributed by atoms with Crippen LogP contribution >= 0.6 is 0 Å². The summed E-state index contributed by atoms with van der Waals surface area (Å²) in [6.07, 6.45) is 8.65. The number of carbonyl (C=O) groups excluding carboxylic acids is 1. The summed E-state index contributed by atoms with van der Waals surface area (Å²) in [5.74, 6) is -1.17. The third-order valence-electron chi connectivity index (χ3n) is 5.17. The highest BCUT2D eigenvalue weighted by Gasteiger charge is 2.13. The predicted molar refractivity (Wildman–Crippen MR) is 118 cm³/mol. The maximum absolute atomic E-state index is 14.1. The SMILES string of the molecule is CCCCCCc1ccc(-c2ccc(C(=O)Oc3ccc(CC)cc3F)cc2)nc1. The normalized spacial score (nSPS) is 10.8. The minimum absolute atomic E-state index is 0.0579. The molecular formula is C26H28FNO2. The van der Waals surface area contributed by atoms with Crippen molar-refractivity contribution >= 4 is 5.97 Å². The molecular weight excluding hydrogens is 377 g/mol. The first kappa shape index (κ1) is 21.7. The van der Waals surface area contributed by atoms with Gasteiger partial charge in [0.25, 0.3) is 0 Å². The Morgan fingerprint density at radius 2 is 1.70 bits per heavy atom.